The van der Waals surface area contributed by atoms with Crippen LogP contribution >= 0.6 is 0 Å². The molecule has 0 spiro atoms. The molecule has 1 heterocycles. The Hall–Kier alpha value is -1.61. The van der Waals surface area contributed by atoms with Crippen LogP contribution < -0.4 is 5.32 Å². The van der Waals surface area contributed by atoms with Gasteiger partial charge in [0.05, 0.1) is 6.20 Å². The Kier molecular flexibility index (Phi) is 3.38. The smallest absolute Gasteiger partial charge is 0.0534 e. The van der Waals surface area contributed by atoms with E-state index in [0.717, 1.165) is 13.1 Å². The van der Waals surface area contributed by atoms with E-state index in [2.05, 4.69) is 59.4 Å². The number of fused-ring (bicyclic) bond motifs is 1. The minimum atomic E-state index is 0.516. The van der Waals surface area contributed by atoms with Gasteiger partial charge in [0.25, 0.3) is 0 Å². The molecule has 1 unspecified atom stereocenters. The van der Waals surface area contributed by atoms with Crippen LogP contribution in [0.2, 0.25) is 0 Å². The predicted molar refractivity (Wildman–Crippen MR) is 77.1 cm³/mol. The van der Waals surface area contributed by atoms with Crippen molar-refractivity contribution in [2.24, 2.45) is 0 Å². The second-order valence-corrected chi connectivity index (χ2v) is 5.71. The SMILES string of the molecule is CC(C)NCc1cnn(CC2Cc3ccccc32)c1. The molecule has 3 rings (SSSR count). The van der Waals surface area contributed by atoms with Gasteiger partial charge in [-0.3, -0.25) is 4.68 Å². The van der Waals surface area contributed by atoms with Crippen LogP contribution in [-0.2, 0) is 19.5 Å². The van der Waals surface area contributed by atoms with Crippen LogP contribution in [0.4, 0.5) is 0 Å². The summed E-state index contributed by atoms with van der Waals surface area (Å²) < 4.78 is 2.08. The average Bonchev–Trinajstić information content (AvgIpc) is 2.81. The molecule has 1 atom stereocenters. The van der Waals surface area contributed by atoms with E-state index in [0.29, 0.717) is 12.0 Å². The van der Waals surface area contributed by atoms with E-state index in [4.69, 9.17) is 0 Å². The first-order valence-electron chi connectivity index (χ1n) is 7.05. The van der Waals surface area contributed by atoms with E-state index in [1.807, 2.05) is 6.20 Å². The highest BCUT2D eigenvalue weighted by atomic mass is 15.3. The van der Waals surface area contributed by atoms with Gasteiger partial charge in [0.2, 0.25) is 0 Å². The molecule has 1 N–H and O–H groups in total. The van der Waals surface area contributed by atoms with Crippen LogP contribution in [-0.4, -0.2) is 15.8 Å². The second kappa shape index (κ2) is 5.17. The van der Waals surface area contributed by atoms with Crippen LogP contribution in [0.15, 0.2) is 36.7 Å². The molecule has 0 fully saturated rings. The second-order valence-electron chi connectivity index (χ2n) is 5.71. The summed E-state index contributed by atoms with van der Waals surface area (Å²) in [5.74, 6) is 0.641. The minimum Gasteiger partial charge on any atom is -0.310 e. The summed E-state index contributed by atoms with van der Waals surface area (Å²) in [6.07, 6.45) is 5.33. The first-order chi connectivity index (χ1) is 9.22. The van der Waals surface area contributed by atoms with E-state index >= 15 is 0 Å². The topological polar surface area (TPSA) is 29.9 Å². The lowest BCUT2D eigenvalue weighted by molar-refractivity contribution is 0.474. The zero-order valence-electron chi connectivity index (χ0n) is 11.6. The third-order valence-electron chi connectivity index (χ3n) is 3.77. The normalized spacial score (nSPS) is 17.3. The fraction of sp³-hybridized carbons (Fsp3) is 0.438. The quantitative estimate of drug-likeness (QED) is 0.890. The number of aromatic nitrogens is 2. The van der Waals surface area contributed by atoms with Gasteiger partial charge in [-0.25, -0.2) is 0 Å². The molecule has 3 heteroatoms. The van der Waals surface area contributed by atoms with Gasteiger partial charge in [-0.05, 0) is 17.5 Å². The van der Waals surface area contributed by atoms with Crippen LogP contribution in [0.25, 0.3) is 0 Å². The van der Waals surface area contributed by atoms with Gasteiger partial charge in [-0.2, -0.15) is 5.10 Å². The van der Waals surface area contributed by atoms with E-state index < -0.39 is 0 Å². The van der Waals surface area contributed by atoms with Crippen molar-refractivity contribution < 1.29 is 0 Å². The molecular weight excluding hydrogens is 234 g/mol. The standard InChI is InChI=1S/C16H21N3/c1-12(2)17-8-13-9-18-19(10-13)11-15-7-14-5-3-4-6-16(14)15/h3-6,9-10,12,15,17H,7-8,11H2,1-2H3. The average molecular weight is 255 g/mol. The molecule has 0 saturated carbocycles. The largest absolute Gasteiger partial charge is 0.310 e. The molecule has 1 aromatic carbocycles. The summed E-state index contributed by atoms with van der Waals surface area (Å²) in [5, 5.41) is 7.88. The van der Waals surface area contributed by atoms with E-state index in [9.17, 15) is 0 Å². The summed E-state index contributed by atoms with van der Waals surface area (Å²) >= 11 is 0. The van der Waals surface area contributed by atoms with Crippen LogP contribution in [0.1, 0.15) is 36.5 Å². The Morgan fingerprint density at radius 2 is 2.21 bits per heavy atom. The minimum absolute atomic E-state index is 0.516. The summed E-state index contributed by atoms with van der Waals surface area (Å²) in [5.41, 5.74) is 4.27. The van der Waals surface area contributed by atoms with E-state index in [1.165, 1.54) is 23.1 Å². The highest BCUT2D eigenvalue weighted by molar-refractivity contribution is 5.39. The molecule has 1 aliphatic rings. The number of hydrogen-bond acceptors (Lipinski definition) is 2. The third-order valence-corrected chi connectivity index (χ3v) is 3.77. The molecule has 2 aromatic rings. The summed E-state index contributed by atoms with van der Waals surface area (Å²) in [4.78, 5) is 0. The Morgan fingerprint density at radius 3 is 3.00 bits per heavy atom. The van der Waals surface area contributed by atoms with Gasteiger partial charge in [0, 0.05) is 36.8 Å². The number of rotatable bonds is 5. The van der Waals surface area contributed by atoms with Crippen molar-refractivity contribution in [2.45, 2.75) is 45.3 Å². The Morgan fingerprint density at radius 1 is 1.37 bits per heavy atom. The molecular formula is C16H21N3. The zero-order chi connectivity index (χ0) is 13.2. The van der Waals surface area contributed by atoms with Gasteiger partial charge in [-0.15, -0.1) is 0 Å². The lowest BCUT2D eigenvalue weighted by Gasteiger charge is -2.29. The monoisotopic (exact) mass is 255 g/mol. The van der Waals surface area contributed by atoms with Crippen molar-refractivity contribution in [2.75, 3.05) is 0 Å². The summed E-state index contributed by atoms with van der Waals surface area (Å²) in [6.45, 7) is 6.23. The number of hydrogen-bond donors (Lipinski definition) is 1. The van der Waals surface area contributed by atoms with Crippen molar-refractivity contribution in [1.29, 1.82) is 0 Å². The van der Waals surface area contributed by atoms with E-state index in [1.54, 1.807) is 0 Å². The Labute approximate surface area is 114 Å². The molecule has 3 nitrogen and oxygen atoms in total. The van der Waals surface area contributed by atoms with Crippen LogP contribution in [0.3, 0.4) is 0 Å². The molecule has 0 saturated heterocycles. The predicted octanol–water partition coefficient (Wildman–Crippen LogP) is 2.72. The number of nitrogens with zero attached hydrogens (tertiary/aromatic N) is 2. The van der Waals surface area contributed by atoms with E-state index in [-0.39, 0.29) is 0 Å². The zero-order valence-corrected chi connectivity index (χ0v) is 11.6. The van der Waals surface area contributed by atoms with Crippen molar-refractivity contribution in [3.05, 3.63) is 53.3 Å². The summed E-state index contributed by atoms with van der Waals surface area (Å²) in [7, 11) is 0. The lowest BCUT2D eigenvalue weighted by Crippen LogP contribution is -2.22. The van der Waals surface area contributed by atoms with Crippen molar-refractivity contribution in [3.8, 4) is 0 Å². The van der Waals surface area contributed by atoms with Gasteiger partial charge in [0.1, 0.15) is 0 Å². The first-order valence-corrected chi connectivity index (χ1v) is 7.05. The lowest BCUT2D eigenvalue weighted by atomic mass is 9.78. The van der Waals surface area contributed by atoms with Gasteiger partial charge < -0.3 is 5.32 Å². The number of benzene rings is 1. The van der Waals surface area contributed by atoms with Gasteiger partial charge in [0.15, 0.2) is 0 Å². The molecule has 0 radical (unpaired) electrons. The fourth-order valence-corrected chi connectivity index (χ4v) is 2.67. The maximum absolute atomic E-state index is 4.47. The maximum Gasteiger partial charge on any atom is 0.0534 e. The first kappa shape index (κ1) is 12.4. The van der Waals surface area contributed by atoms with Crippen molar-refractivity contribution in [1.82, 2.24) is 15.1 Å². The molecule has 0 amide bonds. The molecule has 19 heavy (non-hydrogen) atoms. The van der Waals surface area contributed by atoms with Gasteiger partial charge >= 0.3 is 0 Å². The van der Waals surface area contributed by atoms with Crippen LogP contribution in [0, 0.1) is 0 Å². The molecule has 100 valence electrons. The van der Waals surface area contributed by atoms with Crippen LogP contribution in [0.5, 0.6) is 0 Å². The third kappa shape index (κ3) is 2.71. The Bertz CT molecular complexity index is 557. The highest BCUT2D eigenvalue weighted by Crippen LogP contribution is 2.35. The van der Waals surface area contributed by atoms with Crippen molar-refractivity contribution >= 4 is 0 Å². The van der Waals surface area contributed by atoms with Gasteiger partial charge in [-0.1, -0.05) is 38.1 Å². The fourth-order valence-electron chi connectivity index (χ4n) is 2.67. The molecule has 1 aliphatic carbocycles. The molecule has 1 aromatic heterocycles. The number of nitrogens with one attached hydrogen (secondary N) is 1. The Balaban J connectivity index is 1.60. The molecule has 0 bridgehead atoms. The maximum atomic E-state index is 4.47. The van der Waals surface area contributed by atoms with Crippen molar-refractivity contribution in [3.63, 3.8) is 0 Å². The highest BCUT2D eigenvalue weighted by Gasteiger charge is 2.25. The molecule has 0 aliphatic heterocycles. The summed E-state index contributed by atoms with van der Waals surface area (Å²) in [6, 6.07) is 9.24.